The fraction of sp³-hybridized carbons (Fsp3) is 0.273. The van der Waals surface area contributed by atoms with Crippen LogP contribution in [0.15, 0.2) is 36.4 Å². The van der Waals surface area contributed by atoms with Crippen molar-refractivity contribution in [2.75, 3.05) is 0 Å². The van der Waals surface area contributed by atoms with Crippen molar-refractivity contribution in [2.24, 2.45) is 0 Å². The number of hydrogen-bond donors (Lipinski definition) is 1. The first kappa shape index (κ1) is 24.0. The minimum Gasteiger partial charge on any atom is -0.448 e. The summed E-state index contributed by atoms with van der Waals surface area (Å²) in [7, 11) is 0. The smallest absolute Gasteiger partial charge is 0.359 e. The van der Waals surface area contributed by atoms with E-state index in [2.05, 4.69) is 15.4 Å². The Morgan fingerprint density at radius 1 is 1.03 bits per heavy atom. The van der Waals surface area contributed by atoms with Gasteiger partial charge >= 0.3 is 5.97 Å². The fourth-order valence-corrected chi connectivity index (χ4v) is 3.84. The average Bonchev–Trinajstić information content (AvgIpc) is 3.05. The third-order valence-corrected chi connectivity index (χ3v) is 5.56. The maximum absolute atomic E-state index is 12.7. The van der Waals surface area contributed by atoms with Crippen molar-refractivity contribution >= 4 is 46.7 Å². The number of carbonyl (C=O) groups excluding carboxylic acids is 2. The summed E-state index contributed by atoms with van der Waals surface area (Å²) in [5, 5.41) is 8.13. The van der Waals surface area contributed by atoms with E-state index < -0.39 is 24.0 Å². The molecule has 0 saturated heterocycles. The number of carbonyl (C=O) groups is 2. The minimum atomic E-state index is -1.09. The Kier molecular flexibility index (Phi) is 7.44. The number of esters is 1. The summed E-state index contributed by atoms with van der Waals surface area (Å²) < 4.78 is 6.90. The lowest BCUT2D eigenvalue weighted by Crippen LogP contribution is -2.37. The molecule has 10 heteroatoms. The average molecular weight is 496 g/mol. The van der Waals surface area contributed by atoms with Gasteiger partial charge in [-0.2, -0.15) is 5.10 Å². The van der Waals surface area contributed by atoms with Gasteiger partial charge in [-0.25, -0.2) is 14.5 Å². The van der Waals surface area contributed by atoms with Crippen molar-refractivity contribution in [2.45, 2.75) is 39.8 Å². The summed E-state index contributed by atoms with van der Waals surface area (Å²) in [6.07, 6.45) is -1.09. The van der Waals surface area contributed by atoms with E-state index in [-0.39, 0.29) is 10.7 Å². The molecule has 3 aromatic rings. The first-order valence-corrected chi connectivity index (χ1v) is 10.9. The molecule has 3 rings (SSSR count). The zero-order chi connectivity index (χ0) is 23.6. The van der Waals surface area contributed by atoms with Gasteiger partial charge in [-0.05, 0) is 63.6 Å². The monoisotopic (exact) mass is 494 g/mol. The molecule has 2 aromatic heterocycles. The molecule has 0 aliphatic rings. The van der Waals surface area contributed by atoms with E-state index in [1.165, 1.54) is 13.0 Å². The molecule has 2 atom stereocenters. The maximum atomic E-state index is 12.7. The van der Waals surface area contributed by atoms with E-state index in [0.717, 1.165) is 11.4 Å². The van der Waals surface area contributed by atoms with Gasteiger partial charge in [-0.3, -0.25) is 4.79 Å². The second kappa shape index (κ2) is 9.90. The molecule has 0 aliphatic carbocycles. The van der Waals surface area contributed by atoms with Crippen LogP contribution in [0.3, 0.4) is 0 Å². The first-order valence-electron chi connectivity index (χ1n) is 9.73. The van der Waals surface area contributed by atoms with E-state index >= 15 is 0 Å². The van der Waals surface area contributed by atoms with Crippen LogP contribution in [0, 0.1) is 13.8 Å². The maximum Gasteiger partial charge on any atom is 0.359 e. The van der Waals surface area contributed by atoms with Crippen LogP contribution in [0.25, 0.3) is 5.82 Å². The molecule has 0 spiro atoms. The standard InChI is InChI=1S/C22H21Cl3N4O3/c1-11-9-12(2)29(28-11)19-8-7-17(24)20(27-19)22(31)32-14(4)21(30)26-13(3)16-6-5-15(23)10-18(16)25/h5-10,13-14H,1-4H3,(H,26,30). The molecule has 32 heavy (non-hydrogen) atoms. The van der Waals surface area contributed by atoms with E-state index in [9.17, 15) is 9.59 Å². The zero-order valence-corrected chi connectivity index (χ0v) is 20.1. The second-order valence-electron chi connectivity index (χ2n) is 7.28. The highest BCUT2D eigenvalue weighted by Crippen LogP contribution is 2.26. The molecule has 0 bridgehead atoms. The molecular weight excluding hydrogens is 475 g/mol. The number of amides is 1. The van der Waals surface area contributed by atoms with Crippen molar-refractivity contribution < 1.29 is 14.3 Å². The Balaban J connectivity index is 1.71. The number of halogens is 3. The van der Waals surface area contributed by atoms with Crippen LogP contribution in [0.2, 0.25) is 15.1 Å². The molecule has 2 heterocycles. The number of rotatable bonds is 6. The number of nitrogens with zero attached hydrogens (tertiary/aromatic N) is 3. The van der Waals surface area contributed by atoms with Gasteiger partial charge in [-0.15, -0.1) is 0 Å². The summed E-state index contributed by atoms with van der Waals surface area (Å²) in [5.41, 5.74) is 2.23. The van der Waals surface area contributed by atoms with Crippen molar-refractivity contribution in [3.8, 4) is 5.82 Å². The number of nitrogens with one attached hydrogen (secondary N) is 1. The lowest BCUT2D eigenvalue weighted by atomic mass is 10.1. The summed E-state index contributed by atoms with van der Waals surface area (Å²) in [4.78, 5) is 29.5. The van der Waals surface area contributed by atoms with Gasteiger partial charge in [0.05, 0.1) is 16.8 Å². The largest absolute Gasteiger partial charge is 0.448 e. The number of benzene rings is 1. The van der Waals surface area contributed by atoms with Gasteiger partial charge in [-0.1, -0.05) is 40.9 Å². The molecule has 0 saturated carbocycles. The molecule has 2 unspecified atom stereocenters. The lowest BCUT2D eigenvalue weighted by molar-refractivity contribution is -0.129. The third-order valence-electron chi connectivity index (χ3n) is 4.69. The minimum absolute atomic E-state index is 0.106. The fourth-order valence-electron chi connectivity index (χ4n) is 3.08. The summed E-state index contributed by atoms with van der Waals surface area (Å²) in [6.45, 7) is 6.95. The topological polar surface area (TPSA) is 86.1 Å². The molecular formula is C22H21Cl3N4O3. The number of aromatic nitrogens is 3. The van der Waals surface area contributed by atoms with Crippen LogP contribution in [0.4, 0.5) is 0 Å². The molecule has 1 amide bonds. The zero-order valence-electron chi connectivity index (χ0n) is 17.8. The highest BCUT2D eigenvalue weighted by molar-refractivity contribution is 6.35. The van der Waals surface area contributed by atoms with Crippen molar-refractivity contribution in [3.63, 3.8) is 0 Å². The highest BCUT2D eigenvalue weighted by Gasteiger charge is 2.24. The van der Waals surface area contributed by atoms with Crippen LogP contribution in [-0.4, -0.2) is 32.7 Å². The Labute approximate surface area is 200 Å². The van der Waals surface area contributed by atoms with Crippen LogP contribution in [0.5, 0.6) is 0 Å². The molecule has 0 radical (unpaired) electrons. The second-order valence-corrected chi connectivity index (χ2v) is 8.53. The van der Waals surface area contributed by atoms with Gasteiger partial charge < -0.3 is 10.1 Å². The highest BCUT2D eigenvalue weighted by atomic mass is 35.5. The van der Waals surface area contributed by atoms with E-state index in [4.69, 9.17) is 39.5 Å². The van der Waals surface area contributed by atoms with E-state index in [0.29, 0.717) is 21.4 Å². The van der Waals surface area contributed by atoms with Gasteiger partial charge in [0, 0.05) is 15.7 Å². The van der Waals surface area contributed by atoms with Crippen molar-refractivity contribution in [3.05, 3.63) is 74.1 Å². The van der Waals surface area contributed by atoms with E-state index in [1.54, 1.807) is 35.9 Å². The van der Waals surface area contributed by atoms with Crippen molar-refractivity contribution in [1.82, 2.24) is 20.1 Å². The number of hydrogen-bond acceptors (Lipinski definition) is 5. The lowest BCUT2D eigenvalue weighted by Gasteiger charge is -2.19. The summed E-state index contributed by atoms with van der Waals surface area (Å²) in [5.74, 6) is -0.907. The first-order chi connectivity index (χ1) is 15.1. The third kappa shape index (κ3) is 5.41. The normalized spacial score (nSPS) is 12.8. The van der Waals surface area contributed by atoms with Crippen LogP contribution in [0.1, 0.15) is 47.3 Å². The van der Waals surface area contributed by atoms with Gasteiger partial charge in [0.1, 0.15) is 0 Å². The number of aryl methyl sites for hydroxylation is 2. The Morgan fingerprint density at radius 2 is 1.75 bits per heavy atom. The number of ether oxygens (including phenoxy) is 1. The molecule has 168 valence electrons. The SMILES string of the molecule is Cc1cc(C)n(-c2ccc(Cl)c(C(=O)OC(C)C(=O)NC(C)c3ccc(Cl)cc3Cl)n2)n1. The summed E-state index contributed by atoms with van der Waals surface area (Å²) in [6, 6.07) is 9.63. The molecule has 0 fully saturated rings. The van der Waals surface area contributed by atoms with Crippen LogP contribution in [-0.2, 0) is 9.53 Å². The van der Waals surface area contributed by atoms with Crippen LogP contribution < -0.4 is 5.32 Å². The van der Waals surface area contributed by atoms with Gasteiger partial charge in [0.25, 0.3) is 5.91 Å². The van der Waals surface area contributed by atoms with Gasteiger partial charge in [0.15, 0.2) is 17.6 Å². The van der Waals surface area contributed by atoms with Crippen LogP contribution >= 0.6 is 34.8 Å². The summed E-state index contributed by atoms with van der Waals surface area (Å²) >= 11 is 18.3. The van der Waals surface area contributed by atoms with E-state index in [1.807, 2.05) is 19.9 Å². The quantitative estimate of drug-likeness (QED) is 0.471. The molecule has 7 nitrogen and oxygen atoms in total. The predicted molar refractivity (Wildman–Crippen MR) is 124 cm³/mol. The number of pyridine rings is 1. The molecule has 1 aromatic carbocycles. The molecule has 1 N–H and O–H groups in total. The predicted octanol–water partition coefficient (Wildman–Crippen LogP) is 5.27. The Bertz CT molecular complexity index is 1180. The Morgan fingerprint density at radius 3 is 2.38 bits per heavy atom. The van der Waals surface area contributed by atoms with Crippen molar-refractivity contribution in [1.29, 1.82) is 0 Å². The molecule has 0 aliphatic heterocycles. The van der Waals surface area contributed by atoms with Gasteiger partial charge in [0.2, 0.25) is 0 Å². The Hall–Kier alpha value is -2.61.